The average molecular weight is 506 g/mol. The van der Waals surface area contributed by atoms with Gasteiger partial charge in [0.05, 0.1) is 26.0 Å². The van der Waals surface area contributed by atoms with Crippen LogP contribution in [-0.4, -0.2) is 21.6 Å². The topological polar surface area (TPSA) is 46.9 Å². The molecule has 1 aromatic carbocycles. The van der Waals surface area contributed by atoms with E-state index in [-0.39, 0.29) is 10.7 Å². The summed E-state index contributed by atoms with van der Waals surface area (Å²) in [5.41, 5.74) is -2.70. The first-order valence-corrected chi connectivity index (χ1v) is 8.65. The van der Waals surface area contributed by atoms with Crippen LogP contribution in [0, 0.1) is 3.57 Å². The molecular weight excluding hydrogens is 496 g/mol. The Morgan fingerprint density at radius 3 is 2.42 bits per heavy atom. The van der Waals surface area contributed by atoms with Gasteiger partial charge in [0, 0.05) is 19.0 Å². The molecular formula is C15H10ClF5IN3O. The first-order chi connectivity index (χ1) is 11.9. The summed E-state index contributed by atoms with van der Waals surface area (Å²) in [4.78, 5) is 12.7. The van der Waals surface area contributed by atoms with Gasteiger partial charge in [0.25, 0.3) is 11.8 Å². The fourth-order valence-corrected chi connectivity index (χ4v) is 3.41. The second-order valence-electron chi connectivity index (χ2n) is 5.99. The Morgan fingerprint density at radius 2 is 1.96 bits per heavy atom. The van der Waals surface area contributed by atoms with Crippen LogP contribution in [0.3, 0.4) is 0 Å². The molecule has 1 saturated carbocycles. The van der Waals surface area contributed by atoms with Crippen LogP contribution in [-0.2, 0) is 16.5 Å². The number of rotatable bonds is 3. The van der Waals surface area contributed by atoms with Crippen molar-refractivity contribution in [2.75, 3.05) is 5.32 Å². The zero-order valence-corrected chi connectivity index (χ0v) is 15.7. The largest absolute Gasteiger partial charge is 0.416 e. The van der Waals surface area contributed by atoms with Crippen LogP contribution < -0.4 is 5.32 Å². The Morgan fingerprint density at radius 1 is 1.31 bits per heavy atom. The quantitative estimate of drug-likeness (QED) is 0.475. The van der Waals surface area contributed by atoms with E-state index in [1.54, 1.807) is 0 Å². The standard InChI is InChI=1S/C15H10ClF5IN3O/c16-10-3-8(15(19,20)21)1-2-11(10)24-12(26)13(6-14(17,18)7-13)25-5-9(22)4-23-25/h1-5H,6-7H2,(H,24,26). The molecule has 0 saturated heterocycles. The summed E-state index contributed by atoms with van der Waals surface area (Å²) >= 11 is 7.73. The van der Waals surface area contributed by atoms with Gasteiger partial charge < -0.3 is 5.32 Å². The zero-order valence-electron chi connectivity index (χ0n) is 12.7. The Labute approximate surface area is 162 Å². The van der Waals surface area contributed by atoms with Crippen molar-refractivity contribution in [3.8, 4) is 0 Å². The van der Waals surface area contributed by atoms with E-state index in [1.807, 2.05) is 22.6 Å². The predicted octanol–water partition coefficient (Wildman–Crippen LogP) is 4.92. The molecule has 1 aromatic heterocycles. The minimum Gasteiger partial charge on any atom is -0.323 e. The summed E-state index contributed by atoms with van der Waals surface area (Å²) in [6, 6.07) is 2.40. The zero-order chi connectivity index (χ0) is 19.3. The van der Waals surface area contributed by atoms with Crippen molar-refractivity contribution in [1.29, 1.82) is 0 Å². The fourth-order valence-electron chi connectivity index (χ4n) is 2.80. The van der Waals surface area contributed by atoms with Gasteiger partial charge in [-0.2, -0.15) is 18.3 Å². The number of nitrogens with one attached hydrogen (secondary N) is 1. The first-order valence-electron chi connectivity index (χ1n) is 7.20. The summed E-state index contributed by atoms with van der Waals surface area (Å²) in [6.07, 6.45) is -3.25. The van der Waals surface area contributed by atoms with Crippen molar-refractivity contribution < 1.29 is 26.7 Å². The fraction of sp³-hybridized carbons (Fsp3) is 0.333. The van der Waals surface area contributed by atoms with Crippen LogP contribution in [0.1, 0.15) is 18.4 Å². The van der Waals surface area contributed by atoms with Crippen LogP contribution in [0.4, 0.5) is 27.6 Å². The molecule has 0 bridgehead atoms. The lowest BCUT2D eigenvalue weighted by molar-refractivity contribution is -0.171. The van der Waals surface area contributed by atoms with Gasteiger partial charge in [0.2, 0.25) is 0 Å². The van der Waals surface area contributed by atoms with Crippen molar-refractivity contribution in [1.82, 2.24) is 9.78 Å². The molecule has 11 heteroatoms. The van der Waals surface area contributed by atoms with E-state index in [0.717, 1.165) is 16.8 Å². The molecule has 1 heterocycles. The number of anilines is 1. The van der Waals surface area contributed by atoms with Crippen molar-refractivity contribution in [2.45, 2.75) is 30.5 Å². The summed E-state index contributed by atoms with van der Waals surface area (Å²) in [5, 5.41) is 5.94. The number of alkyl halides is 5. The van der Waals surface area contributed by atoms with Crippen LogP contribution >= 0.6 is 34.2 Å². The monoisotopic (exact) mass is 505 g/mol. The van der Waals surface area contributed by atoms with Gasteiger partial charge in [-0.25, -0.2) is 8.78 Å². The van der Waals surface area contributed by atoms with Crippen molar-refractivity contribution in [2.24, 2.45) is 0 Å². The molecule has 2 aromatic rings. The number of nitrogens with zero attached hydrogens (tertiary/aromatic N) is 2. The Kier molecular flexibility index (Phi) is 4.70. The average Bonchev–Trinajstić information content (AvgIpc) is 2.92. The molecule has 1 aliphatic rings. The second kappa shape index (κ2) is 6.32. The van der Waals surface area contributed by atoms with E-state index in [2.05, 4.69) is 10.4 Å². The number of carbonyl (C=O) groups excluding carboxylic acids is 1. The highest BCUT2D eigenvalue weighted by molar-refractivity contribution is 14.1. The second-order valence-corrected chi connectivity index (χ2v) is 7.64. The molecule has 3 rings (SSSR count). The van der Waals surface area contributed by atoms with Crippen molar-refractivity contribution in [3.05, 3.63) is 44.7 Å². The molecule has 1 fully saturated rings. The number of halogens is 7. The predicted molar refractivity (Wildman–Crippen MR) is 92.2 cm³/mol. The number of hydrogen-bond acceptors (Lipinski definition) is 2. The van der Waals surface area contributed by atoms with Gasteiger partial charge in [0.15, 0.2) is 5.54 Å². The minimum atomic E-state index is -4.59. The number of amides is 1. The van der Waals surface area contributed by atoms with Crippen LogP contribution in [0.15, 0.2) is 30.6 Å². The molecule has 0 aliphatic heterocycles. The van der Waals surface area contributed by atoms with E-state index in [0.29, 0.717) is 9.64 Å². The smallest absolute Gasteiger partial charge is 0.323 e. The molecule has 0 unspecified atom stereocenters. The number of carbonyl (C=O) groups is 1. The summed E-state index contributed by atoms with van der Waals surface area (Å²) in [5.74, 6) is -3.84. The molecule has 0 spiro atoms. The first kappa shape index (κ1) is 19.3. The van der Waals surface area contributed by atoms with E-state index in [1.165, 1.54) is 12.4 Å². The maximum absolute atomic E-state index is 13.5. The van der Waals surface area contributed by atoms with Gasteiger partial charge in [0.1, 0.15) is 0 Å². The third kappa shape index (κ3) is 3.53. The highest BCUT2D eigenvalue weighted by Gasteiger charge is 2.63. The van der Waals surface area contributed by atoms with Crippen molar-refractivity contribution in [3.63, 3.8) is 0 Å². The van der Waals surface area contributed by atoms with Crippen molar-refractivity contribution >= 4 is 45.8 Å². The van der Waals surface area contributed by atoms with E-state index >= 15 is 0 Å². The van der Waals surface area contributed by atoms with Gasteiger partial charge in [-0.3, -0.25) is 9.48 Å². The molecule has 1 N–H and O–H groups in total. The Bertz CT molecular complexity index is 859. The molecule has 140 valence electrons. The number of aromatic nitrogens is 2. The maximum atomic E-state index is 13.5. The van der Waals surface area contributed by atoms with Gasteiger partial charge in [-0.15, -0.1) is 0 Å². The molecule has 4 nitrogen and oxygen atoms in total. The van der Waals surface area contributed by atoms with Crippen LogP contribution in [0.2, 0.25) is 5.02 Å². The third-order valence-electron chi connectivity index (χ3n) is 4.06. The molecule has 1 aliphatic carbocycles. The van der Waals surface area contributed by atoms with Gasteiger partial charge in [-0.05, 0) is 40.8 Å². The lowest BCUT2D eigenvalue weighted by Crippen LogP contribution is -2.60. The highest BCUT2D eigenvalue weighted by atomic mass is 127. The van der Waals surface area contributed by atoms with E-state index in [9.17, 15) is 26.7 Å². The molecule has 26 heavy (non-hydrogen) atoms. The SMILES string of the molecule is O=C(Nc1ccc(C(F)(F)F)cc1Cl)C1(n2cc(I)cn2)CC(F)(F)C1. The van der Waals surface area contributed by atoms with E-state index < -0.39 is 42.0 Å². The van der Waals surface area contributed by atoms with Gasteiger partial charge in [-0.1, -0.05) is 11.6 Å². The Balaban J connectivity index is 1.88. The Hall–Kier alpha value is -1.43. The molecule has 0 atom stereocenters. The van der Waals surface area contributed by atoms with Crippen LogP contribution in [0.25, 0.3) is 0 Å². The summed E-state index contributed by atoms with van der Waals surface area (Å²) < 4.78 is 66.9. The normalized spacial score (nSPS) is 18.3. The lowest BCUT2D eigenvalue weighted by atomic mass is 9.72. The number of hydrogen-bond donors (Lipinski definition) is 1. The third-order valence-corrected chi connectivity index (χ3v) is 4.93. The maximum Gasteiger partial charge on any atom is 0.416 e. The van der Waals surface area contributed by atoms with Gasteiger partial charge >= 0.3 is 6.18 Å². The lowest BCUT2D eigenvalue weighted by Gasteiger charge is -2.45. The highest BCUT2D eigenvalue weighted by Crippen LogP contribution is 2.51. The van der Waals surface area contributed by atoms with Crippen LogP contribution in [0.5, 0.6) is 0 Å². The minimum absolute atomic E-state index is 0.0962. The van der Waals surface area contributed by atoms with E-state index in [4.69, 9.17) is 11.6 Å². The summed E-state index contributed by atoms with van der Waals surface area (Å²) in [6.45, 7) is 0. The molecule has 0 radical (unpaired) electrons. The number of benzene rings is 1. The molecule has 1 amide bonds. The summed E-state index contributed by atoms with van der Waals surface area (Å²) in [7, 11) is 0.